The standard InChI is InChI=1S/C18H13F6NO4/c1-25-16(27)10-3-2-4-13(5-10)29-15(26)9-28-14-7-11(17(19,20)21)6-12(8-14)18(22,23)24/h2-8H,9H2,1H3,(H,25,27). The minimum atomic E-state index is -5.04. The highest BCUT2D eigenvalue weighted by Crippen LogP contribution is 2.38. The van der Waals surface area contributed by atoms with Crippen LogP contribution in [0.2, 0.25) is 0 Å². The van der Waals surface area contributed by atoms with Gasteiger partial charge in [-0.15, -0.1) is 0 Å². The van der Waals surface area contributed by atoms with Crippen molar-refractivity contribution >= 4 is 11.9 Å². The summed E-state index contributed by atoms with van der Waals surface area (Å²) in [6.45, 7) is -0.956. The highest BCUT2D eigenvalue weighted by atomic mass is 19.4. The van der Waals surface area contributed by atoms with Gasteiger partial charge in [0.15, 0.2) is 6.61 Å². The molecule has 0 atom stereocenters. The SMILES string of the molecule is CNC(=O)c1cccc(OC(=O)COc2cc(C(F)(F)F)cc(C(F)(F)F)c2)c1. The summed E-state index contributed by atoms with van der Waals surface area (Å²) in [4.78, 5) is 23.3. The maximum absolute atomic E-state index is 12.8. The van der Waals surface area contributed by atoms with Crippen molar-refractivity contribution in [3.63, 3.8) is 0 Å². The van der Waals surface area contributed by atoms with E-state index in [4.69, 9.17) is 9.47 Å². The second-order valence-corrected chi connectivity index (χ2v) is 5.61. The predicted octanol–water partition coefficient (Wildman–Crippen LogP) is 4.07. The van der Waals surface area contributed by atoms with Gasteiger partial charge in [-0.1, -0.05) is 6.07 Å². The van der Waals surface area contributed by atoms with Crippen LogP contribution in [0.3, 0.4) is 0 Å². The second-order valence-electron chi connectivity index (χ2n) is 5.61. The van der Waals surface area contributed by atoms with E-state index in [-0.39, 0.29) is 17.4 Å². The summed E-state index contributed by atoms with van der Waals surface area (Å²) in [6, 6.07) is 6.03. The van der Waals surface area contributed by atoms with Crippen LogP contribution in [0.5, 0.6) is 11.5 Å². The van der Waals surface area contributed by atoms with Crippen molar-refractivity contribution in [2.24, 2.45) is 0 Å². The molecule has 0 aliphatic carbocycles. The number of carbonyl (C=O) groups excluding carboxylic acids is 2. The van der Waals surface area contributed by atoms with Gasteiger partial charge in [0, 0.05) is 12.6 Å². The molecule has 2 aromatic carbocycles. The van der Waals surface area contributed by atoms with Crippen molar-refractivity contribution in [3.05, 3.63) is 59.2 Å². The topological polar surface area (TPSA) is 64.6 Å². The van der Waals surface area contributed by atoms with Gasteiger partial charge in [0.1, 0.15) is 11.5 Å². The van der Waals surface area contributed by atoms with E-state index in [0.717, 1.165) is 0 Å². The fraction of sp³-hybridized carbons (Fsp3) is 0.222. The van der Waals surface area contributed by atoms with Crippen molar-refractivity contribution in [1.82, 2.24) is 5.32 Å². The molecule has 0 spiro atoms. The van der Waals surface area contributed by atoms with Crippen LogP contribution in [0, 0.1) is 0 Å². The summed E-state index contributed by atoms with van der Waals surface area (Å²) < 4.78 is 86.5. The summed E-state index contributed by atoms with van der Waals surface area (Å²) in [5, 5.41) is 2.36. The molecule has 1 amide bonds. The Morgan fingerprint density at radius 3 is 2.00 bits per heavy atom. The molecular weight excluding hydrogens is 408 g/mol. The molecule has 156 valence electrons. The van der Waals surface area contributed by atoms with Crippen molar-refractivity contribution in [3.8, 4) is 11.5 Å². The van der Waals surface area contributed by atoms with Gasteiger partial charge in [-0.25, -0.2) is 4.79 Å². The van der Waals surface area contributed by atoms with Crippen LogP contribution >= 0.6 is 0 Å². The number of halogens is 6. The van der Waals surface area contributed by atoms with Gasteiger partial charge in [0.05, 0.1) is 11.1 Å². The maximum atomic E-state index is 12.8. The fourth-order valence-corrected chi connectivity index (χ4v) is 2.16. The number of alkyl halides is 6. The van der Waals surface area contributed by atoms with Crippen molar-refractivity contribution in [2.75, 3.05) is 13.7 Å². The van der Waals surface area contributed by atoms with E-state index < -0.39 is 47.7 Å². The molecule has 0 unspecified atom stereocenters. The van der Waals surface area contributed by atoms with Crippen LogP contribution in [0.25, 0.3) is 0 Å². The van der Waals surface area contributed by atoms with Gasteiger partial charge in [-0.3, -0.25) is 4.79 Å². The largest absolute Gasteiger partial charge is 0.482 e. The molecule has 0 saturated heterocycles. The fourth-order valence-electron chi connectivity index (χ4n) is 2.16. The molecule has 0 radical (unpaired) electrons. The van der Waals surface area contributed by atoms with Gasteiger partial charge in [0.25, 0.3) is 5.91 Å². The van der Waals surface area contributed by atoms with Crippen LogP contribution in [0.1, 0.15) is 21.5 Å². The number of ether oxygens (including phenoxy) is 2. The van der Waals surface area contributed by atoms with Gasteiger partial charge in [-0.2, -0.15) is 26.3 Å². The van der Waals surface area contributed by atoms with E-state index in [1.165, 1.54) is 31.3 Å². The molecule has 0 fully saturated rings. The highest BCUT2D eigenvalue weighted by Gasteiger charge is 2.37. The third kappa shape index (κ3) is 6.13. The average Bonchev–Trinajstić information content (AvgIpc) is 2.64. The molecule has 11 heteroatoms. The Kier molecular flexibility index (Phi) is 6.40. The summed E-state index contributed by atoms with van der Waals surface area (Å²) in [6.07, 6.45) is -10.1. The van der Waals surface area contributed by atoms with Crippen LogP contribution in [-0.4, -0.2) is 25.5 Å². The normalized spacial score (nSPS) is 11.7. The van der Waals surface area contributed by atoms with Gasteiger partial charge in [-0.05, 0) is 36.4 Å². The van der Waals surface area contributed by atoms with E-state index in [0.29, 0.717) is 12.1 Å². The predicted molar refractivity (Wildman–Crippen MR) is 87.4 cm³/mol. The molecule has 0 saturated carbocycles. The van der Waals surface area contributed by atoms with E-state index in [1.54, 1.807) is 0 Å². The number of hydrogen-bond donors (Lipinski definition) is 1. The van der Waals surface area contributed by atoms with Gasteiger partial charge >= 0.3 is 18.3 Å². The Labute approximate surface area is 160 Å². The van der Waals surface area contributed by atoms with Crippen molar-refractivity contribution in [2.45, 2.75) is 12.4 Å². The van der Waals surface area contributed by atoms with Crippen molar-refractivity contribution in [1.29, 1.82) is 0 Å². The Morgan fingerprint density at radius 1 is 0.897 bits per heavy atom. The van der Waals surface area contributed by atoms with Crippen LogP contribution < -0.4 is 14.8 Å². The zero-order chi connectivity index (χ0) is 21.8. The Morgan fingerprint density at radius 2 is 1.48 bits per heavy atom. The molecule has 0 aliphatic rings. The number of amides is 1. The zero-order valence-corrected chi connectivity index (χ0v) is 14.6. The summed E-state index contributed by atoms with van der Waals surface area (Å²) in [5.41, 5.74) is -2.98. The summed E-state index contributed by atoms with van der Waals surface area (Å²) in [7, 11) is 1.39. The van der Waals surface area contributed by atoms with E-state index in [2.05, 4.69) is 5.32 Å². The van der Waals surface area contributed by atoms with Crippen LogP contribution in [0.4, 0.5) is 26.3 Å². The first-order chi connectivity index (χ1) is 13.4. The third-order valence-electron chi connectivity index (χ3n) is 3.47. The van der Waals surface area contributed by atoms with E-state index in [1.807, 2.05) is 0 Å². The number of benzene rings is 2. The first-order valence-corrected chi connectivity index (χ1v) is 7.85. The van der Waals surface area contributed by atoms with Gasteiger partial charge < -0.3 is 14.8 Å². The second kappa shape index (κ2) is 8.41. The lowest BCUT2D eigenvalue weighted by molar-refractivity contribution is -0.143. The molecule has 5 nitrogen and oxygen atoms in total. The Hall–Kier alpha value is -3.24. The molecule has 0 heterocycles. The molecule has 2 aromatic rings. The molecule has 1 N–H and O–H groups in total. The molecule has 0 aliphatic heterocycles. The monoisotopic (exact) mass is 421 g/mol. The quantitative estimate of drug-likeness (QED) is 0.449. The van der Waals surface area contributed by atoms with Crippen LogP contribution in [0.15, 0.2) is 42.5 Å². The molecule has 0 aromatic heterocycles. The average molecular weight is 421 g/mol. The lowest BCUT2D eigenvalue weighted by Crippen LogP contribution is -2.20. The zero-order valence-electron chi connectivity index (χ0n) is 14.6. The maximum Gasteiger partial charge on any atom is 0.416 e. The Bertz CT molecular complexity index is 876. The number of hydrogen-bond acceptors (Lipinski definition) is 4. The molecule has 0 bridgehead atoms. The third-order valence-corrected chi connectivity index (χ3v) is 3.47. The molecular formula is C18H13F6NO4. The Balaban J connectivity index is 2.13. The van der Waals surface area contributed by atoms with Crippen molar-refractivity contribution < 1.29 is 45.4 Å². The summed E-state index contributed by atoms with van der Waals surface area (Å²) >= 11 is 0. The first-order valence-electron chi connectivity index (χ1n) is 7.85. The smallest absolute Gasteiger partial charge is 0.416 e. The minimum Gasteiger partial charge on any atom is -0.482 e. The minimum absolute atomic E-state index is 0.0558. The molecule has 2 rings (SSSR count). The van der Waals surface area contributed by atoms with E-state index in [9.17, 15) is 35.9 Å². The lowest BCUT2D eigenvalue weighted by Gasteiger charge is -2.14. The summed E-state index contributed by atoms with van der Waals surface area (Å²) in [5.74, 6) is -2.41. The number of rotatable bonds is 5. The van der Waals surface area contributed by atoms with Crippen LogP contribution in [-0.2, 0) is 17.1 Å². The lowest BCUT2D eigenvalue weighted by atomic mass is 10.1. The number of carbonyl (C=O) groups is 2. The van der Waals surface area contributed by atoms with E-state index >= 15 is 0 Å². The highest BCUT2D eigenvalue weighted by molar-refractivity contribution is 5.94. The van der Waals surface area contributed by atoms with Gasteiger partial charge in [0.2, 0.25) is 0 Å². The first kappa shape index (κ1) is 22.1. The number of nitrogens with one attached hydrogen (secondary N) is 1. The molecule has 29 heavy (non-hydrogen) atoms. The number of esters is 1.